The highest BCUT2D eigenvalue weighted by atomic mass is 35.5. The average molecular weight is 403 g/mol. The lowest BCUT2D eigenvalue weighted by atomic mass is 10.1. The van der Waals surface area contributed by atoms with Crippen molar-refractivity contribution in [3.63, 3.8) is 0 Å². The van der Waals surface area contributed by atoms with E-state index in [0.717, 1.165) is 11.3 Å². The van der Waals surface area contributed by atoms with E-state index in [2.05, 4.69) is 20.6 Å². The van der Waals surface area contributed by atoms with Crippen LogP contribution in [0.4, 0.5) is 10.8 Å². The third-order valence-electron chi connectivity index (χ3n) is 3.60. The average Bonchev–Trinajstić information content (AvgIpc) is 3.10. The van der Waals surface area contributed by atoms with E-state index in [0.29, 0.717) is 27.3 Å². The fraction of sp³-hybridized carbons (Fsp3) is 0.211. The molecular formula is C19H19ClN4O2S. The van der Waals surface area contributed by atoms with Crippen molar-refractivity contribution in [1.82, 2.24) is 15.3 Å². The van der Waals surface area contributed by atoms with E-state index >= 15 is 0 Å². The second kappa shape index (κ2) is 8.37. The number of benzene rings is 1. The van der Waals surface area contributed by atoms with Crippen LogP contribution in [-0.2, 0) is 0 Å². The van der Waals surface area contributed by atoms with Gasteiger partial charge in [0.05, 0.1) is 17.5 Å². The molecule has 0 saturated heterocycles. The molecule has 1 aromatic carbocycles. The number of hydrogen-bond acceptors (Lipinski definition) is 6. The van der Waals surface area contributed by atoms with Crippen LogP contribution in [0.1, 0.15) is 24.2 Å². The lowest BCUT2D eigenvalue weighted by Crippen LogP contribution is -2.18. The lowest BCUT2D eigenvalue weighted by molar-refractivity contribution is 0.0963. The number of carbonyl (C=O) groups is 1. The molecule has 0 aliphatic rings. The van der Waals surface area contributed by atoms with Crippen molar-refractivity contribution in [2.24, 2.45) is 0 Å². The summed E-state index contributed by atoms with van der Waals surface area (Å²) in [6.07, 6.45) is 1.65. The summed E-state index contributed by atoms with van der Waals surface area (Å²) >= 11 is 7.41. The Bertz CT molecular complexity index is 958. The Morgan fingerprint density at radius 1 is 1.26 bits per heavy atom. The van der Waals surface area contributed by atoms with Crippen LogP contribution >= 0.6 is 22.9 Å². The Kier molecular flexibility index (Phi) is 5.93. The summed E-state index contributed by atoms with van der Waals surface area (Å²) in [7, 11) is 1.60. The van der Waals surface area contributed by atoms with Crippen LogP contribution < -0.4 is 15.4 Å². The minimum Gasteiger partial charge on any atom is -0.489 e. The molecule has 1 amide bonds. The van der Waals surface area contributed by atoms with E-state index in [-0.39, 0.29) is 12.0 Å². The fourth-order valence-corrected chi connectivity index (χ4v) is 3.32. The van der Waals surface area contributed by atoms with Gasteiger partial charge >= 0.3 is 0 Å². The monoisotopic (exact) mass is 402 g/mol. The molecule has 0 spiro atoms. The standard InChI is InChI=1S/C19H19ClN4O2S/c1-11(2)26-16-5-4-13(18(25)21-3)8-14(16)23-19-24-15(10-27-19)12-6-7-22-17(20)9-12/h4-11H,1-3H3,(H,21,25)(H,23,24). The van der Waals surface area contributed by atoms with Crippen LogP contribution in [-0.4, -0.2) is 29.0 Å². The number of pyridine rings is 1. The zero-order valence-electron chi connectivity index (χ0n) is 15.1. The smallest absolute Gasteiger partial charge is 0.251 e. The number of anilines is 2. The topological polar surface area (TPSA) is 76.1 Å². The largest absolute Gasteiger partial charge is 0.489 e. The molecule has 0 fully saturated rings. The molecule has 0 aliphatic carbocycles. The van der Waals surface area contributed by atoms with Crippen LogP contribution in [0, 0.1) is 0 Å². The van der Waals surface area contributed by atoms with Gasteiger partial charge in [-0.15, -0.1) is 11.3 Å². The van der Waals surface area contributed by atoms with Crippen molar-refractivity contribution in [2.45, 2.75) is 20.0 Å². The minimum absolute atomic E-state index is 0.00205. The number of aromatic nitrogens is 2. The second-order valence-electron chi connectivity index (χ2n) is 5.99. The summed E-state index contributed by atoms with van der Waals surface area (Å²) in [5.74, 6) is 0.488. The zero-order chi connectivity index (χ0) is 19.4. The van der Waals surface area contributed by atoms with Crippen molar-refractivity contribution < 1.29 is 9.53 Å². The van der Waals surface area contributed by atoms with Crippen LogP contribution in [0.3, 0.4) is 0 Å². The molecule has 0 radical (unpaired) electrons. The van der Waals surface area contributed by atoms with Gasteiger partial charge in [-0.2, -0.15) is 0 Å². The highest BCUT2D eigenvalue weighted by Gasteiger charge is 2.13. The Balaban J connectivity index is 1.90. The Labute approximate surface area is 166 Å². The second-order valence-corrected chi connectivity index (χ2v) is 7.23. The number of nitrogens with one attached hydrogen (secondary N) is 2. The number of amides is 1. The summed E-state index contributed by atoms with van der Waals surface area (Å²) in [5, 5.41) is 8.91. The third kappa shape index (κ3) is 4.75. The Hall–Kier alpha value is -2.64. The number of halogens is 1. The molecule has 0 saturated carbocycles. The van der Waals surface area contributed by atoms with E-state index < -0.39 is 0 Å². The first-order valence-electron chi connectivity index (χ1n) is 8.33. The SMILES string of the molecule is CNC(=O)c1ccc(OC(C)C)c(Nc2nc(-c3ccnc(Cl)c3)cs2)c1. The molecule has 27 heavy (non-hydrogen) atoms. The third-order valence-corrected chi connectivity index (χ3v) is 4.56. The molecule has 3 aromatic rings. The quantitative estimate of drug-likeness (QED) is 0.582. The summed E-state index contributed by atoms with van der Waals surface area (Å²) < 4.78 is 5.85. The number of carbonyl (C=O) groups excluding carboxylic acids is 1. The first-order valence-corrected chi connectivity index (χ1v) is 9.59. The first-order chi connectivity index (χ1) is 13.0. The number of rotatable bonds is 6. The summed E-state index contributed by atoms with van der Waals surface area (Å²) in [5.41, 5.74) is 2.89. The maximum Gasteiger partial charge on any atom is 0.251 e. The number of thiazole rings is 1. The van der Waals surface area contributed by atoms with Gasteiger partial charge in [-0.05, 0) is 44.2 Å². The fourth-order valence-electron chi connectivity index (χ4n) is 2.41. The molecule has 0 atom stereocenters. The van der Waals surface area contributed by atoms with Crippen molar-refractivity contribution in [2.75, 3.05) is 12.4 Å². The number of nitrogens with zero attached hydrogens (tertiary/aromatic N) is 2. The van der Waals surface area contributed by atoms with E-state index in [1.54, 1.807) is 37.5 Å². The van der Waals surface area contributed by atoms with E-state index in [9.17, 15) is 4.79 Å². The van der Waals surface area contributed by atoms with Crippen molar-refractivity contribution >= 4 is 39.7 Å². The molecule has 2 heterocycles. The number of hydrogen-bond donors (Lipinski definition) is 2. The Morgan fingerprint density at radius 2 is 2.07 bits per heavy atom. The van der Waals surface area contributed by atoms with Crippen LogP contribution in [0.5, 0.6) is 5.75 Å². The molecule has 0 unspecified atom stereocenters. The molecule has 3 rings (SSSR count). The zero-order valence-corrected chi connectivity index (χ0v) is 16.7. The van der Waals surface area contributed by atoms with Gasteiger partial charge in [0, 0.05) is 29.8 Å². The predicted molar refractivity (Wildman–Crippen MR) is 109 cm³/mol. The predicted octanol–water partition coefficient (Wildman–Crippen LogP) is 4.75. The van der Waals surface area contributed by atoms with Crippen molar-refractivity contribution in [1.29, 1.82) is 0 Å². The van der Waals surface area contributed by atoms with Crippen molar-refractivity contribution in [3.8, 4) is 17.0 Å². The van der Waals surface area contributed by atoms with E-state index in [1.165, 1.54) is 11.3 Å². The molecule has 2 N–H and O–H groups in total. The van der Waals surface area contributed by atoms with Crippen LogP contribution in [0.15, 0.2) is 41.9 Å². The van der Waals surface area contributed by atoms with Crippen LogP contribution in [0.2, 0.25) is 5.15 Å². The number of ether oxygens (including phenoxy) is 1. The first kappa shape index (κ1) is 19.1. The van der Waals surface area contributed by atoms with Gasteiger partial charge in [0.2, 0.25) is 0 Å². The molecule has 8 heteroatoms. The maximum atomic E-state index is 12.0. The highest BCUT2D eigenvalue weighted by molar-refractivity contribution is 7.14. The Morgan fingerprint density at radius 3 is 2.78 bits per heavy atom. The minimum atomic E-state index is -0.166. The molecule has 2 aromatic heterocycles. The molecule has 6 nitrogen and oxygen atoms in total. The van der Waals surface area contributed by atoms with Gasteiger partial charge in [-0.1, -0.05) is 11.6 Å². The maximum absolute atomic E-state index is 12.0. The lowest BCUT2D eigenvalue weighted by Gasteiger charge is -2.15. The van der Waals surface area contributed by atoms with Gasteiger partial charge in [0.25, 0.3) is 5.91 Å². The summed E-state index contributed by atoms with van der Waals surface area (Å²) in [4.78, 5) is 20.5. The highest BCUT2D eigenvalue weighted by Crippen LogP contribution is 2.33. The van der Waals surface area contributed by atoms with Gasteiger partial charge in [0.15, 0.2) is 5.13 Å². The van der Waals surface area contributed by atoms with E-state index in [1.807, 2.05) is 25.3 Å². The van der Waals surface area contributed by atoms with Gasteiger partial charge < -0.3 is 15.4 Å². The molecule has 140 valence electrons. The van der Waals surface area contributed by atoms with E-state index in [4.69, 9.17) is 16.3 Å². The van der Waals surface area contributed by atoms with Crippen LogP contribution in [0.25, 0.3) is 11.3 Å². The van der Waals surface area contributed by atoms with Gasteiger partial charge in [-0.3, -0.25) is 4.79 Å². The molecule has 0 bridgehead atoms. The normalized spacial score (nSPS) is 10.7. The van der Waals surface area contributed by atoms with Gasteiger partial charge in [-0.25, -0.2) is 9.97 Å². The molecule has 0 aliphatic heterocycles. The van der Waals surface area contributed by atoms with Crippen molar-refractivity contribution in [3.05, 3.63) is 52.6 Å². The molecular weight excluding hydrogens is 384 g/mol. The summed E-state index contributed by atoms with van der Waals surface area (Å²) in [6, 6.07) is 8.88. The summed E-state index contributed by atoms with van der Waals surface area (Å²) in [6.45, 7) is 3.90. The van der Waals surface area contributed by atoms with Gasteiger partial charge in [0.1, 0.15) is 10.9 Å².